The van der Waals surface area contributed by atoms with E-state index in [1.165, 1.54) is 26.2 Å². The first-order valence-electron chi connectivity index (χ1n) is 5.49. The van der Waals surface area contributed by atoms with Crippen molar-refractivity contribution >= 4 is 18.0 Å². The van der Waals surface area contributed by atoms with E-state index in [0.29, 0.717) is 11.3 Å². The lowest BCUT2D eigenvalue weighted by Crippen LogP contribution is -2.29. The van der Waals surface area contributed by atoms with Crippen LogP contribution >= 0.6 is 0 Å². The summed E-state index contributed by atoms with van der Waals surface area (Å²) in [6.45, 7) is 1.39. The van der Waals surface area contributed by atoms with Crippen LogP contribution in [0.5, 0.6) is 11.5 Å². The van der Waals surface area contributed by atoms with E-state index in [4.69, 9.17) is 15.2 Å². The van der Waals surface area contributed by atoms with Gasteiger partial charge in [-0.1, -0.05) is 6.07 Å². The highest BCUT2D eigenvalue weighted by atomic mass is 16.5. The Hall–Kier alpha value is -2.50. The van der Waals surface area contributed by atoms with Gasteiger partial charge in [-0.2, -0.15) is 0 Å². The normalized spacial score (nSPS) is 12.1. The van der Waals surface area contributed by atoms with Crippen molar-refractivity contribution in [2.24, 2.45) is 5.73 Å². The van der Waals surface area contributed by atoms with Gasteiger partial charge >= 0.3 is 5.97 Å². The molecule has 6 nitrogen and oxygen atoms in total. The number of esters is 1. The number of benzene rings is 1. The van der Waals surface area contributed by atoms with Crippen molar-refractivity contribution in [3.63, 3.8) is 0 Å². The molecule has 6 heteroatoms. The molecule has 0 aliphatic heterocycles. The first-order valence-corrected chi connectivity index (χ1v) is 5.49. The fraction of sp³-hybridized carbons (Fsp3) is 0.231. The fourth-order valence-electron chi connectivity index (χ4n) is 1.23. The maximum atomic E-state index is 11.4. The molecule has 0 saturated carbocycles. The van der Waals surface area contributed by atoms with Gasteiger partial charge in [-0.05, 0) is 30.7 Å². The number of ether oxygens (including phenoxy) is 2. The number of carbonyl (C=O) groups excluding carboxylic acids is 2. The van der Waals surface area contributed by atoms with Crippen molar-refractivity contribution in [2.45, 2.75) is 13.0 Å². The van der Waals surface area contributed by atoms with Crippen LogP contribution in [0.3, 0.4) is 0 Å². The fourth-order valence-corrected chi connectivity index (χ4v) is 1.23. The summed E-state index contributed by atoms with van der Waals surface area (Å²) in [5.41, 5.74) is 5.60. The van der Waals surface area contributed by atoms with Gasteiger partial charge < -0.3 is 20.3 Å². The number of aromatic hydroxyl groups is 1. The molecule has 102 valence electrons. The highest BCUT2D eigenvalue weighted by Gasteiger charge is 2.12. The van der Waals surface area contributed by atoms with Crippen LogP contribution in [0.15, 0.2) is 24.3 Å². The van der Waals surface area contributed by atoms with Crippen LogP contribution in [0.4, 0.5) is 0 Å². The van der Waals surface area contributed by atoms with E-state index in [1.54, 1.807) is 12.1 Å². The SMILES string of the molecule is COc1cc(/C=C/C(=O)O[C@@H](C)C(N)=O)ccc1O. The minimum atomic E-state index is -0.980. The lowest BCUT2D eigenvalue weighted by atomic mass is 10.2. The summed E-state index contributed by atoms with van der Waals surface area (Å²) in [4.78, 5) is 22.1. The summed E-state index contributed by atoms with van der Waals surface area (Å²) in [6.07, 6.45) is 1.65. The van der Waals surface area contributed by atoms with E-state index >= 15 is 0 Å². The Bertz CT molecular complexity index is 510. The minimum absolute atomic E-state index is 0.00424. The second kappa shape index (κ2) is 6.44. The Morgan fingerprint density at radius 3 is 2.68 bits per heavy atom. The van der Waals surface area contributed by atoms with Crippen molar-refractivity contribution in [3.8, 4) is 11.5 Å². The van der Waals surface area contributed by atoms with Crippen LogP contribution in [-0.2, 0) is 14.3 Å². The highest BCUT2D eigenvalue weighted by molar-refractivity contribution is 5.90. The van der Waals surface area contributed by atoms with Gasteiger partial charge in [0.05, 0.1) is 7.11 Å². The molecule has 1 aromatic carbocycles. The monoisotopic (exact) mass is 265 g/mol. The lowest BCUT2D eigenvalue weighted by molar-refractivity contribution is -0.148. The molecule has 1 amide bonds. The van der Waals surface area contributed by atoms with Crippen molar-refractivity contribution < 1.29 is 24.2 Å². The van der Waals surface area contributed by atoms with Crippen molar-refractivity contribution in [1.82, 2.24) is 0 Å². The third-order valence-electron chi connectivity index (χ3n) is 2.31. The number of hydrogen-bond acceptors (Lipinski definition) is 5. The maximum Gasteiger partial charge on any atom is 0.331 e. The molecule has 1 atom stereocenters. The molecule has 19 heavy (non-hydrogen) atoms. The van der Waals surface area contributed by atoms with Gasteiger partial charge in [-0.25, -0.2) is 4.79 Å². The zero-order valence-electron chi connectivity index (χ0n) is 10.6. The Labute approximate surface area is 110 Å². The number of rotatable bonds is 5. The van der Waals surface area contributed by atoms with Gasteiger partial charge in [-0.3, -0.25) is 4.79 Å². The third kappa shape index (κ3) is 4.34. The second-order valence-corrected chi connectivity index (χ2v) is 3.75. The van der Waals surface area contributed by atoms with Crippen LogP contribution in [0.1, 0.15) is 12.5 Å². The van der Waals surface area contributed by atoms with Crippen LogP contribution < -0.4 is 10.5 Å². The van der Waals surface area contributed by atoms with E-state index in [0.717, 1.165) is 6.08 Å². The molecule has 0 radical (unpaired) electrons. The number of amides is 1. The smallest absolute Gasteiger partial charge is 0.331 e. The summed E-state index contributed by atoms with van der Waals surface area (Å²) >= 11 is 0. The van der Waals surface area contributed by atoms with Gasteiger partial charge in [0.15, 0.2) is 17.6 Å². The molecule has 1 aromatic rings. The molecule has 0 unspecified atom stereocenters. The average molecular weight is 265 g/mol. The Morgan fingerprint density at radius 2 is 2.11 bits per heavy atom. The summed E-state index contributed by atoms with van der Waals surface area (Å²) in [7, 11) is 1.42. The van der Waals surface area contributed by atoms with Crippen LogP contribution in [-0.4, -0.2) is 30.2 Å². The standard InChI is InChI=1S/C13H15NO5/c1-8(13(14)17)19-12(16)6-4-9-3-5-10(15)11(7-9)18-2/h3-8,15H,1-2H3,(H2,14,17)/b6-4+/t8-/m0/s1. The third-order valence-corrected chi connectivity index (χ3v) is 2.31. The zero-order chi connectivity index (χ0) is 14.4. The molecule has 0 bridgehead atoms. The zero-order valence-corrected chi connectivity index (χ0v) is 10.6. The van der Waals surface area contributed by atoms with E-state index in [1.807, 2.05) is 0 Å². The molecule has 0 fully saturated rings. The van der Waals surface area contributed by atoms with E-state index in [2.05, 4.69) is 0 Å². The second-order valence-electron chi connectivity index (χ2n) is 3.75. The molecule has 0 aliphatic rings. The number of methoxy groups -OCH3 is 1. The summed E-state index contributed by atoms with van der Waals surface area (Å²) in [6, 6.07) is 4.59. The molecule has 0 spiro atoms. The number of primary amides is 1. The van der Waals surface area contributed by atoms with Gasteiger partial charge in [0.25, 0.3) is 5.91 Å². The van der Waals surface area contributed by atoms with Crippen LogP contribution in [0, 0.1) is 0 Å². The van der Waals surface area contributed by atoms with E-state index in [-0.39, 0.29) is 5.75 Å². The predicted octanol–water partition coefficient (Wildman–Crippen LogP) is 0.831. The van der Waals surface area contributed by atoms with Gasteiger partial charge in [0.1, 0.15) is 0 Å². The van der Waals surface area contributed by atoms with Crippen LogP contribution in [0.25, 0.3) is 6.08 Å². The van der Waals surface area contributed by atoms with Crippen molar-refractivity contribution in [2.75, 3.05) is 7.11 Å². The number of carbonyl (C=O) groups is 2. The molecular formula is C13H15NO5. The van der Waals surface area contributed by atoms with E-state index in [9.17, 15) is 14.7 Å². The topological polar surface area (TPSA) is 98.9 Å². The van der Waals surface area contributed by atoms with Gasteiger partial charge in [-0.15, -0.1) is 0 Å². The van der Waals surface area contributed by atoms with Crippen LogP contribution in [0.2, 0.25) is 0 Å². The molecule has 3 N–H and O–H groups in total. The van der Waals surface area contributed by atoms with Crippen molar-refractivity contribution in [1.29, 1.82) is 0 Å². The molecule has 1 rings (SSSR count). The van der Waals surface area contributed by atoms with E-state index < -0.39 is 18.0 Å². The number of phenolic OH excluding ortho intramolecular Hbond substituents is 1. The Kier molecular flexibility index (Phi) is 4.93. The first kappa shape index (κ1) is 14.6. The summed E-state index contributed by atoms with van der Waals surface area (Å²) in [5.74, 6) is -1.10. The van der Waals surface area contributed by atoms with Gasteiger partial charge in [0.2, 0.25) is 0 Å². The van der Waals surface area contributed by atoms with Crippen molar-refractivity contribution in [3.05, 3.63) is 29.8 Å². The number of phenols is 1. The summed E-state index contributed by atoms with van der Waals surface area (Å²) in [5, 5.41) is 9.40. The highest BCUT2D eigenvalue weighted by Crippen LogP contribution is 2.26. The molecular weight excluding hydrogens is 250 g/mol. The quantitative estimate of drug-likeness (QED) is 0.607. The number of hydrogen-bond donors (Lipinski definition) is 2. The largest absolute Gasteiger partial charge is 0.504 e. The Morgan fingerprint density at radius 1 is 1.42 bits per heavy atom. The maximum absolute atomic E-state index is 11.4. The molecule has 0 aliphatic carbocycles. The summed E-state index contributed by atoms with van der Waals surface area (Å²) < 4.78 is 9.66. The first-order chi connectivity index (χ1) is 8.93. The number of nitrogens with two attached hydrogens (primary N) is 1. The van der Waals surface area contributed by atoms with Gasteiger partial charge in [0, 0.05) is 6.08 Å². The Balaban J connectivity index is 2.71. The molecule has 0 saturated heterocycles. The lowest BCUT2D eigenvalue weighted by Gasteiger charge is -2.07. The molecule has 0 heterocycles. The average Bonchev–Trinajstić information content (AvgIpc) is 2.37. The molecule has 0 aromatic heterocycles. The predicted molar refractivity (Wildman–Crippen MR) is 68.4 cm³/mol. The minimum Gasteiger partial charge on any atom is -0.504 e.